The van der Waals surface area contributed by atoms with Crippen LogP contribution in [0.1, 0.15) is 5.69 Å². The molecule has 11 heavy (non-hydrogen) atoms. The van der Waals surface area contributed by atoms with Crippen LogP contribution in [-0.2, 0) is 0 Å². The lowest BCUT2D eigenvalue weighted by Gasteiger charge is -1.89. The van der Waals surface area contributed by atoms with E-state index >= 15 is 0 Å². The maximum atomic E-state index is 4.26. The molecule has 56 valence electrons. The number of benzene rings is 1. The summed E-state index contributed by atoms with van der Waals surface area (Å²) in [5.41, 5.74) is 1.12. The highest BCUT2D eigenvalue weighted by atomic mass is 79.9. The van der Waals surface area contributed by atoms with Crippen LogP contribution in [0.2, 0.25) is 0 Å². The van der Waals surface area contributed by atoms with Crippen LogP contribution in [0.15, 0.2) is 22.7 Å². The van der Waals surface area contributed by atoms with Crippen molar-refractivity contribution >= 4 is 37.5 Å². The van der Waals surface area contributed by atoms with Crippen LogP contribution >= 0.6 is 27.5 Å². The van der Waals surface area contributed by atoms with Gasteiger partial charge in [-0.1, -0.05) is 22.0 Å². The smallest absolute Gasteiger partial charge is 0.0589 e. The largest absolute Gasteiger partial charge is 0.197 e. The Kier molecular flexibility index (Phi) is 1.69. The molecule has 2 aromatic rings. The standard InChI is InChI=1S/C8H6BrNS/c1-5-7-3-2-6(9)4-8(7)11-10-5/h2-4H,1H3. The average Bonchev–Trinajstić information content (AvgIpc) is 2.32. The van der Waals surface area contributed by atoms with Gasteiger partial charge < -0.3 is 0 Å². The van der Waals surface area contributed by atoms with Crippen molar-refractivity contribution in [2.75, 3.05) is 0 Å². The molecular formula is C8H6BrNS. The lowest BCUT2D eigenvalue weighted by Crippen LogP contribution is -1.68. The van der Waals surface area contributed by atoms with Gasteiger partial charge in [-0.3, -0.25) is 0 Å². The summed E-state index contributed by atoms with van der Waals surface area (Å²) in [6, 6.07) is 6.24. The van der Waals surface area contributed by atoms with Crippen molar-refractivity contribution in [1.29, 1.82) is 0 Å². The minimum Gasteiger partial charge on any atom is -0.197 e. The van der Waals surface area contributed by atoms with Crippen molar-refractivity contribution in [3.05, 3.63) is 28.4 Å². The number of hydrogen-bond acceptors (Lipinski definition) is 2. The number of nitrogens with zero attached hydrogens (tertiary/aromatic N) is 1. The van der Waals surface area contributed by atoms with Crippen molar-refractivity contribution < 1.29 is 0 Å². The molecule has 1 heterocycles. The third-order valence-electron chi connectivity index (χ3n) is 1.61. The molecule has 1 nitrogen and oxygen atoms in total. The topological polar surface area (TPSA) is 12.9 Å². The van der Waals surface area contributed by atoms with E-state index in [1.54, 1.807) is 11.5 Å². The fraction of sp³-hybridized carbons (Fsp3) is 0.125. The molecule has 3 heteroatoms. The number of fused-ring (bicyclic) bond motifs is 1. The number of aromatic nitrogens is 1. The molecule has 0 atom stereocenters. The molecule has 2 rings (SSSR count). The van der Waals surface area contributed by atoms with Gasteiger partial charge in [-0.05, 0) is 30.6 Å². The lowest BCUT2D eigenvalue weighted by molar-refractivity contribution is 1.37. The summed E-state index contributed by atoms with van der Waals surface area (Å²) in [5.74, 6) is 0. The first kappa shape index (κ1) is 7.25. The summed E-state index contributed by atoms with van der Waals surface area (Å²) in [6.45, 7) is 2.03. The number of rotatable bonds is 0. The van der Waals surface area contributed by atoms with E-state index in [0.29, 0.717) is 0 Å². The molecule has 0 aliphatic rings. The molecule has 0 unspecified atom stereocenters. The van der Waals surface area contributed by atoms with Gasteiger partial charge in [-0.2, -0.15) is 4.37 Å². The summed E-state index contributed by atoms with van der Waals surface area (Å²) in [5, 5.41) is 1.26. The Morgan fingerprint density at radius 1 is 1.45 bits per heavy atom. The maximum absolute atomic E-state index is 4.26. The predicted molar refractivity (Wildman–Crippen MR) is 52.1 cm³/mol. The van der Waals surface area contributed by atoms with Crippen molar-refractivity contribution in [1.82, 2.24) is 4.37 Å². The molecule has 0 amide bonds. The van der Waals surface area contributed by atoms with E-state index < -0.39 is 0 Å². The second-order valence-corrected chi connectivity index (χ2v) is 4.13. The molecular weight excluding hydrogens is 222 g/mol. The van der Waals surface area contributed by atoms with E-state index in [0.717, 1.165) is 10.2 Å². The summed E-state index contributed by atoms with van der Waals surface area (Å²) in [4.78, 5) is 0. The van der Waals surface area contributed by atoms with Gasteiger partial charge in [-0.25, -0.2) is 0 Å². The molecule has 1 aromatic heterocycles. The van der Waals surface area contributed by atoms with Crippen LogP contribution in [0.5, 0.6) is 0 Å². The SMILES string of the molecule is Cc1nsc2cc(Br)ccc12. The van der Waals surface area contributed by atoms with E-state index in [1.807, 2.05) is 13.0 Å². The molecule has 0 saturated carbocycles. The molecule has 0 radical (unpaired) electrons. The molecule has 1 aromatic carbocycles. The normalized spacial score (nSPS) is 10.7. The Morgan fingerprint density at radius 3 is 3.09 bits per heavy atom. The highest BCUT2D eigenvalue weighted by molar-refractivity contribution is 9.10. The van der Waals surface area contributed by atoms with E-state index in [-0.39, 0.29) is 0 Å². The Hall–Kier alpha value is -0.410. The van der Waals surface area contributed by atoms with Crippen LogP contribution in [0.25, 0.3) is 10.1 Å². The molecule has 0 bridgehead atoms. The van der Waals surface area contributed by atoms with Crippen LogP contribution in [0.3, 0.4) is 0 Å². The van der Waals surface area contributed by atoms with Crippen molar-refractivity contribution in [3.63, 3.8) is 0 Å². The minimum absolute atomic E-state index is 1.12. The van der Waals surface area contributed by atoms with Gasteiger partial charge in [0, 0.05) is 9.86 Å². The molecule has 0 fully saturated rings. The zero-order valence-electron chi connectivity index (χ0n) is 5.97. The van der Waals surface area contributed by atoms with Crippen LogP contribution in [0, 0.1) is 6.92 Å². The highest BCUT2D eigenvalue weighted by Crippen LogP contribution is 2.25. The zero-order valence-corrected chi connectivity index (χ0v) is 8.37. The van der Waals surface area contributed by atoms with Crippen LogP contribution in [-0.4, -0.2) is 4.37 Å². The number of aryl methyl sites for hydroxylation is 1. The van der Waals surface area contributed by atoms with Gasteiger partial charge in [0.2, 0.25) is 0 Å². The Balaban J connectivity index is 2.86. The molecule has 0 N–H and O–H groups in total. The first-order chi connectivity index (χ1) is 5.27. The fourth-order valence-electron chi connectivity index (χ4n) is 1.04. The lowest BCUT2D eigenvalue weighted by atomic mass is 10.2. The first-order valence-corrected chi connectivity index (χ1v) is 4.85. The van der Waals surface area contributed by atoms with Crippen molar-refractivity contribution in [2.45, 2.75) is 6.92 Å². The first-order valence-electron chi connectivity index (χ1n) is 3.29. The van der Waals surface area contributed by atoms with Gasteiger partial charge in [-0.15, -0.1) is 0 Å². The van der Waals surface area contributed by atoms with E-state index in [4.69, 9.17) is 0 Å². The van der Waals surface area contributed by atoms with Gasteiger partial charge in [0.15, 0.2) is 0 Å². The second kappa shape index (κ2) is 2.57. The zero-order chi connectivity index (χ0) is 7.84. The van der Waals surface area contributed by atoms with Gasteiger partial charge >= 0.3 is 0 Å². The Bertz CT molecular complexity index is 394. The third kappa shape index (κ3) is 1.19. The summed E-state index contributed by atoms with van der Waals surface area (Å²) < 4.78 is 6.62. The van der Waals surface area contributed by atoms with Crippen LogP contribution in [0.4, 0.5) is 0 Å². The maximum Gasteiger partial charge on any atom is 0.0589 e. The van der Waals surface area contributed by atoms with E-state index in [1.165, 1.54) is 10.1 Å². The Labute approximate surface area is 77.3 Å². The summed E-state index contributed by atoms with van der Waals surface area (Å²) in [6.07, 6.45) is 0. The molecule has 0 spiro atoms. The number of halogens is 1. The van der Waals surface area contributed by atoms with Gasteiger partial charge in [0.05, 0.1) is 10.4 Å². The fourth-order valence-corrected chi connectivity index (χ4v) is 2.38. The molecule has 0 saturated heterocycles. The highest BCUT2D eigenvalue weighted by Gasteiger charge is 2.00. The van der Waals surface area contributed by atoms with Crippen molar-refractivity contribution in [2.24, 2.45) is 0 Å². The third-order valence-corrected chi connectivity index (χ3v) is 3.01. The van der Waals surface area contributed by atoms with E-state index in [9.17, 15) is 0 Å². The quantitative estimate of drug-likeness (QED) is 0.673. The number of hydrogen-bond donors (Lipinski definition) is 0. The average molecular weight is 228 g/mol. The van der Waals surface area contributed by atoms with E-state index in [2.05, 4.69) is 32.4 Å². The minimum atomic E-state index is 1.12. The summed E-state index contributed by atoms with van der Waals surface area (Å²) in [7, 11) is 0. The Morgan fingerprint density at radius 2 is 2.27 bits per heavy atom. The molecule has 0 aliphatic carbocycles. The summed E-state index contributed by atoms with van der Waals surface area (Å²) >= 11 is 4.97. The van der Waals surface area contributed by atoms with Gasteiger partial charge in [0.25, 0.3) is 0 Å². The second-order valence-electron chi connectivity index (χ2n) is 2.41. The monoisotopic (exact) mass is 227 g/mol. The van der Waals surface area contributed by atoms with Gasteiger partial charge in [0.1, 0.15) is 0 Å². The molecule has 0 aliphatic heterocycles. The van der Waals surface area contributed by atoms with Crippen LogP contribution < -0.4 is 0 Å². The van der Waals surface area contributed by atoms with Crippen molar-refractivity contribution in [3.8, 4) is 0 Å². The predicted octanol–water partition coefficient (Wildman–Crippen LogP) is 3.37.